The third-order valence-electron chi connectivity index (χ3n) is 4.32. The van der Waals surface area contributed by atoms with Gasteiger partial charge in [-0.05, 0) is 49.9 Å². The van der Waals surface area contributed by atoms with Crippen LogP contribution in [0.4, 0.5) is 0 Å². The maximum absolute atomic E-state index is 6.13. The summed E-state index contributed by atoms with van der Waals surface area (Å²) in [5, 5.41) is 0.265. The van der Waals surface area contributed by atoms with Crippen LogP contribution in [-0.2, 0) is 13.9 Å². The van der Waals surface area contributed by atoms with Crippen LogP contribution in [0.15, 0.2) is 11.6 Å². The summed E-state index contributed by atoms with van der Waals surface area (Å²) in [6, 6.07) is 0. The molecule has 1 unspecified atom stereocenters. The van der Waals surface area contributed by atoms with Gasteiger partial charge in [-0.15, -0.1) is 0 Å². The fourth-order valence-electron chi connectivity index (χ4n) is 1.73. The molecule has 20 heavy (non-hydrogen) atoms. The molecule has 0 spiro atoms. The highest BCUT2D eigenvalue weighted by Gasteiger charge is 2.36. The van der Waals surface area contributed by atoms with Crippen LogP contribution >= 0.6 is 0 Å². The molecule has 1 aliphatic rings. The van der Waals surface area contributed by atoms with Gasteiger partial charge in [0.15, 0.2) is 14.6 Å². The molecule has 3 nitrogen and oxygen atoms in total. The van der Waals surface area contributed by atoms with Crippen LogP contribution in [-0.4, -0.2) is 34.4 Å². The van der Waals surface area contributed by atoms with Crippen molar-refractivity contribution in [1.82, 2.24) is 0 Å². The van der Waals surface area contributed by atoms with Crippen LogP contribution in [0.25, 0.3) is 0 Å². The third kappa shape index (κ3) is 6.08. The second-order valence-electron chi connectivity index (χ2n) is 7.23. The predicted octanol–water partition coefficient (Wildman–Crippen LogP) is 4.50. The topological polar surface area (TPSA) is 27.7 Å². The van der Waals surface area contributed by atoms with E-state index in [1.54, 1.807) is 0 Å². The summed E-state index contributed by atoms with van der Waals surface area (Å²) in [6.45, 7) is 15.6. The van der Waals surface area contributed by atoms with Crippen LogP contribution in [0, 0.1) is 0 Å². The van der Waals surface area contributed by atoms with Crippen LogP contribution in [0.3, 0.4) is 0 Å². The number of rotatable bonds is 6. The minimum atomic E-state index is -1.64. The Bertz CT molecular complexity index is 312. The molecule has 0 radical (unpaired) electrons. The van der Waals surface area contributed by atoms with Crippen LogP contribution in [0.2, 0.25) is 18.1 Å². The molecule has 0 amide bonds. The van der Waals surface area contributed by atoms with Gasteiger partial charge in [-0.25, -0.2) is 0 Å². The molecule has 1 saturated heterocycles. The van der Waals surface area contributed by atoms with Gasteiger partial charge < -0.3 is 13.9 Å². The van der Waals surface area contributed by atoms with Gasteiger partial charge in [0, 0.05) is 6.61 Å². The van der Waals surface area contributed by atoms with Crippen molar-refractivity contribution in [1.29, 1.82) is 0 Å². The lowest BCUT2D eigenvalue weighted by Gasteiger charge is -2.35. The first-order valence-corrected chi connectivity index (χ1v) is 10.7. The van der Waals surface area contributed by atoms with Gasteiger partial charge in [-0.1, -0.05) is 26.8 Å². The van der Waals surface area contributed by atoms with Crippen molar-refractivity contribution in [2.24, 2.45) is 0 Å². The summed E-state index contributed by atoms with van der Waals surface area (Å²) in [5.74, 6) is 0. The van der Waals surface area contributed by atoms with Crippen LogP contribution in [0.1, 0.15) is 47.0 Å². The van der Waals surface area contributed by atoms with E-state index in [2.05, 4.69) is 46.9 Å². The van der Waals surface area contributed by atoms with Gasteiger partial charge in [0.1, 0.15) is 0 Å². The van der Waals surface area contributed by atoms with E-state index in [-0.39, 0.29) is 11.3 Å². The number of hydrogen-bond acceptors (Lipinski definition) is 3. The zero-order chi connectivity index (χ0) is 15.2. The minimum absolute atomic E-state index is 0.00610. The van der Waals surface area contributed by atoms with Crippen molar-refractivity contribution >= 4 is 8.32 Å². The lowest BCUT2D eigenvalue weighted by atomic mass is 10.2. The Balaban J connectivity index is 2.27. The molecular formula is C16H32O3Si. The summed E-state index contributed by atoms with van der Waals surface area (Å²) in [7, 11) is -1.64. The molecule has 4 heteroatoms. The molecule has 0 aromatic carbocycles. The van der Waals surface area contributed by atoms with Gasteiger partial charge >= 0.3 is 0 Å². The monoisotopic (exact) mass is 300 g/mol. The lowest BCUT2D eigenvalue weighted by Crippen LogP contribution is -2.40. The quantitative estimate of drug-likeness (QED) is 0.534. The smallest absolute Gasteiger partial charge is 0.192 e. The Kier molecular flexibility index (Phi) is 6.92. The normalized spacial score (nSPS) is 22.1. The fraction of sp³-hybridized carbons (Fsp3) is 0.875. The molecule has 0 N–H and O–H groups in total. The van der Waals surface area contributed by atoms with Crippen molar-refractivity contribution in [2.45, 2.75) is 71.4 Å². The van der Waals surface area contributed by atoms with E-state index in [0.717, 1.165) is 19.4 Å². The largest absolute Gasteiger partial charge is 0.413 e. The average Bonchev–Trinajstić information content (AvgIpc) is 2.36. The summed E-state index contributed by atoms with van der Waals surface area (Å²) in [6.07, 6.45) is 5.53. The maximum Gasteiger partial charge on any atom is 0.192 e. The molecule has 1 aliphatic heterocycles. The van der Waals surface area contributed by atoms with E-state index < -0.39 is 8.32 Å². The summed E-state index contributed by atoms with van der Waals surface area (Å²) < 4.78 is 17.4. The van der Waals surface area contributed by atoms with Gasteiger partial charge in [-0.2, -0.15) is 0 Å². The van der Waals surface area contributed by atoms with E-state index in [1.807, 2.05) is 0 Å². The fourth-order valence-corrected chi connectivity index (χ4v) is 2.67. The average molecular weight is 301 g/mol. The van der Waals surface area contributed by atoms with E-state index >= 15 is 0 Å². The standard InChI is InChI=1S/C16H32O3Si/c1-14(13-18-15-9-7-8-11-17-15)10-12-19-20(5,6)16(2,3)4/h10,15H,7-9,11-13H2,1-6H3/b14-10-. The van der Waals surface area contributed by atoms with Crippen molar-refractivity contribution in [3.05, 3.63) is 11.6 Å². The molecule has 1 rings (SSSR count). The number of ether oxygens (including phenoxy) is 2. The van der Waals surface area contributed by atoms with Crippen molar-refractivity contribution in [2.75, 3.05) is 19.8 Å². The first-order chi connectivity index (χ1) is 9.22. The Morgan fingerprint density at radius 1 is 1.30 bits per heavy atom. The van der Waals surface area contributed by atoms with Crippen molar-refractivity contribution in [3.8, 4) is 0 Å². The van der Waals surface area contributed by atoms with Crippen LogP contribution < -0.4 is 0 Å². The summed E-state index contributed by atoms with van der Waals surface area (Å²) in [5.41, 5.74) is 1.22. The maximum atomic E-state index is 6.13. The molecule has 0 aromatic heterocycles. The zero-order valence-corrected chi connectivity index (χ0v) is 15.1. The van der Waals surface area contributed by atoms with E-state index in [9.17, 15) is 0 Å². The minimum Gasteiger partial charge on any atom is -0.413 e. The van der Waals surface area contributed by atoms with Crippen molar-refractivity contribution < 1.29 is 13.9 Å². The molecule has 0 aromatic rings. The Morgan fingerprint density at radius 3 is 2.55 bits per heavy atom. The Labute approximate surface area is 125 Å². The highest BCUT2D eigenvalue weighted by atomic mass is 28.4. The molecule has 0 bridgehead atoms. The van der Waals surface area contributed by atoms with E-state index in [4.69, 9.17) is 13.9 Å². The third-order valence-corrected chi connectivity index (χ3v) is 8.82. The molecule has 1 atom stereocenters. The first kappa shape index (κ1) is 17.9. The first-order valence-electron chi connectivity index (χ1n) is 7.75. The molecular weight excluding hydrogens is 268 g/mol. The van der Waals surface area contributed by atoms with Gasteiger partial charge in [-0.3, -0.25) is 0 Å². The van der Waals surface area contributed by atoms with Gasteiger partial charge in [0.25, 0.3) is 0 Å². The summed E-state index contributed by atoms with van der Waals surface area (Å²) >= 11 is 0. The zero-order valence-electron chi connectivity index (χ0n) is 14.1. The second kappa shape index (κ2) is 7.73. The Hall–Kier alpha value is -0.163. The molecule has 0 aliphatic carbocycles. The Morgan fingerprint density at radius 2 is 2.00 bits per heavy atom. The van der Waals surface area contributed by atoms with E-state index in [1.165, 1.54) is 12.0 Å². The number of hydrogen-bond donors (Lipinski definition) is 0. The van der Waals surface area contributed by atoms with Crippen LogP contribution in [0.5, 0.6) is 0 Å². The van der Waals surface area contributed by atoms with Gasteiger partial charge in [0.2, 0.25) is 0 Å². The molecule has 1 heterocycles. The van der Waals surface area contributed by atoms with Gasteiger partial charge in [0.05, 0.1) is 13.2 Å². The molecule has 118 valence electrons. The predicted molar refractivity (Wildman–Crippen MR) is 86.4 cm³/mol. The lowest BCUT2D eigenvalue weighted by molar-refractivity contribution is -0.156. The van der Waals surface area contributed by atoms with Crippen molar-refractivity contribution in [3.63, 3.8) is 0 Å². The summed E-state index contributed by atoms with van der Waals surface area (Å²) in [4.78, 5) is 0. The molecule has 0 saturated carbocycles. The second-order valence-corrected chi connectivity index (χ2v) is 12.0. The molecule has 1 fully saturated rings. The SMILES string of the molecule is C/C(=C/CO[Si](C)(C)C(C)(C)C)COC1CCCCO1. The van der Waals surface area contributed by atoms with E-state index in [0.29, 0.717) is 13.2 Å². The highest BCUT2D eigenvalue weighted by Crippen LogP contribution is 2.36. The highest BCUT2D eigenvalue weighted by molar-refractivity contribution is 6.74.